The quantitative estimate of drug-likeness (QED) is 0.250. The molecule has 2 aromatic carbocycles. The van der Waals surface area contributed by atoms with E-state index in [4.69, 9.17) is 4.74 Å². The Morgan fingerprint density at radius 2 is 1.51 bits per heavy atom. The first kappa shape index (κ1) is 30.3. The Morgan fingerprint density at radius 3 is 2.18 bits per heavy atom. The van der Waals surface area contributed by atoms with Gasteiger partial charge >= 0.3 is 0 Å². The van der Waals surface area contributed by atoms with Crippen molar-refractivity contribution in [1.29, 1.82) is 0 Å². The van der Waals surface area contributed by atoms with Crippen LogP contribution >= 0.6 is 0 Å². The highest BCUT2D eigenvalue weighted by molar-refractivity contribution is 6.02. The van der Waals surface area contributed by atoms with Crippen molar-refractivity contribution in [2.45, 2.75) is 84.6 Å². The van der Waals surface area contributed by atoms with Gasteiger partial charge in [0.25, 0.3) is 5.91 Å². The lowest BCUT2D eigenvalue weighted by atomic mass is 10.1. The molecule has 2 N–H and O–H groups in total. The summed E-state index contributed by atoms with van der Waals surface area (Å²) >= 11 is 0. The summed E-state index contributed by atoms with van der Waals surface area (Å²) in [4.78, 5) is 30.5. The van der Waals surface area contributed by atoms with Crippen molar-refractivity contribution in [1.82, 2.24) is 5.32 Å². The molecule has 3 rings (SSSR count). The molecule has 1 unspecified atom stereocenters. The monoisotopic (exact) mass is 536 g/mol. The average molecular weight is 537 g/mol. The lowest BCUT2D eigenvalue weighted by Crippen LogP contribution is -2.47. The van der Waals surface area contributed by atoms with Crippen LogP contribution in [0.2, 0.25) is 0 Å². The summed E-state index contributed by atoms with van der Waals surface area (Å²) in [5.41, 5.74) is 3.28. The normalized spacial score (nSPS) is 14.2. The number of piperazine rings is 1. The van der Waals surface area contributed by atoms with Crippen LogP contribution in [0, 0.1) is 0 Å². The zero-order chi connectivity index (χ0) is 28.0. The summed E-state index contributed by atoms with van der Waals surface area (Å²) in [5.74, 6) is 0.779. The summed E-state index contributed by atoms with van der Waals surface area (Å²) in [6.07, 6.45) is 9.60. The first-order valence-corrected chi connectivity index (χ1v) is 14.8. The number of nitrogens with zero attached hydrogens (tertiary/aromatic N) is 2. The zero-order valence-corrected chi connectivity index (χ0v) is 24.4. The highest BCUT2D eigenvalue weighted by atomic mass is 16.5. The number of unbranched alkanes of at least 4 members (excludes halogenated alkanes) is 6. The van der Waals surface area contributed by atoms with Crippen LogP contribution in [0.5, 0.6) is 5.75 Å². The van der Waals surface area contributed by atoms with Crippen LogP contribution in [0.1, 0.15) is 88.9 Å². The van der Waals surface area contributed by atoms with E-state index >= 15 is 0 Å². The number of benzene rings is 2. The van der Waals surface area contributed by atoms with Crippen LogP contribution in [-0.4, -0.2) is 51.1 Å². The lowest BCUT2D eigenvalue weighted by molar-refractivity contribution is -0.116. The van der Waals surface area contributed by atoms with Gasteiger partial charge in [-0.05, 0) is 50.1 Å². The Kier molecular flexibility index (Phi) is 12.5. The van der Waals surface area contributed by atoms with Crippen molar-refractivity contribution in [2.75, 3.05) is 48.4 Å². The maximum absolute atomic E-state index is 13.3. The first-order chi connectivity index (χ1) is 19.0. The highest BCUT2D eigenvalue weighted by Crippen LogP contribution is 2.31. The fourth-order valence-corrected chi connectivity index (χ4v) is 5.02. The molecular weight excluding hydrogens is 488 g/mol. The number of rotatable bonds is 15. The van der Waals surface area contributed by atoms with E-state index in [9.17, 15) is 9.59 Å². The van der Waals surface area contributed by atoms with Gasteiger partial charge in [0, 0.05) is 50.0 Å². The Balaban J connectivity index is 1.65. The molecule has 0 saturated carbocycles. The van der Waals surface area contributed by atoms with E-state index in [0.29, 0.717) is 17.7 Å². The van der Waals surface area contributed by atoms with Gasteiger partial charge in [-0.2, -0.15) is 0 Å². The number of nitrogens with one attached hydrogen (secondary N) is 2. The fourth-order valence-electron chi connectivity index (χ4n) is 5.02. The minimum atomic E-state index is -0.102. The maximum atomic E-state index is 13.3. The highest BCUT2D eigenvalue weighted by Gasteiger charge is 2.24. The van der Waals surface area contributed by atoms with Crippen molar-refractivity contribution < 1.29 is 14.3 Å². The second-order valence-corrected chi connectivity index (χ2v) is 10.6. The van der Waals surface area contributed by atoms with Gasteiger partial charge in [0.2, 0.25) is 5.91 Å². The van der Waals surface area contributed by atoms with E-state index < -0.39 is 0 Å². The van der Waals surface area contributed by atoms with Crippen LogP contribution in [0.3, 0.4) is 0 Å². The molecule has 0 spiro atoms. The number of amides is 2. The van der Waals surface area contributed by atoms with Gasteiger partial charge in [0.1, 0.15) is 5.75 Å². The summed E-state index contributed by atoms with van der Waals surface area (Å²) in [5, 5.41) is 6.14. The average Bonchev–Trinajstić information content (AvgIpc) is 2.96. The standard InChI is InChI=1S/C32H48N4O3/c1-5-7-8-9-10-11-12-17-31(37)34-26-18-19-28(27(24-26)32(38)33-25(3)6-2)35-20-22-36(23-21-35)29-15-13-14-16-30(29)39-4/h13-16,18-19,24-25H,5-12,17,20-23H2,1-4H3,(H,33,38)(H,34,37). The smallest absolute Gasteiger partial charge is 0.253 e. The molecular formula is C32H48N4O3. The molecule has 1 heterocycles. The Hall–Kier alpha value is -3.22. The second kappa shape index (κ2) is 16.0. The second-order valence-electron chi connectivity index (χ2n) is 10.6. The Morgan fingerprint density at radius 1 is 0.872 bits per heavy atom. The Labute approximate surface area is 235 Å². The van der Waals surface area contributed by atoms with Crippen molar-refractivity contribution in [3.8, 4) is 5.75 Å². The van der Waals surface area contributed by atoms with E-state index in [2.05, 4.69) is 40.3 Å². The number of methoxy groups -OCH3 is 1. The van der Waals surface area contributed by atoms with Crippen LogP contribution in [0.4, 0.5) is 17.1 Å². The van der Waals surface area contributed by atoms with Crippen molar-refractivity contribution in [3.63, 3.8) is 0 Å². The van der Waals surface area contributed by atoms with Gasteiger partial charge in [0.05, 0.1) is 18.4 Å². The van der Waals surface area contributed by atoms with Gasteiger partial charge < -0.3 is 25.2 Å². The third-order valence-electron chi connectivity index (χ3n) is 7.57. The molecule has 1 saturated heterocycles. The summed E-state index contributed by atoms with van der Waals surface area (Å²) < 4.78 is 5.56. The van der Waals surface area contributed by atoms with Gasteiger partial charge in [-0.25, -0.2) is 0 Å². The molecule has 214 valence electrons. The largest absolute Gasteiger partial charge is 0.495 e. The van der Waals surface area contributed by atoms with Crippen LogP contribution < -0.4 is 25.2 Å². The summed E-state index contributed by atoms with van der Waals surface area (Å²) in [6, 6.07) is 13.9. The molecule has 7 nitrogen and oxygen atoms in total. The van der Waals surface area contributed by atoms with E-state index in [1.54, 1.807) is 7.11 Å². The molecule has 39 heavy (non-hydrogen) atoms. The number of carbonyl (C=O) groups is 2. The minimum absolute atomic E-state index is 0.00927. The van der Waals surface area contributed by atoms with Crippen molar-refractivity contribution in [3.05, 3.63) is 48.0 Å². The molecule has 0 aliphatic carbocycles. The molecule has 1 atom stereocenters. The van der Waals surface area contributed by atoms with E-state index in [1.165, 1.54) is 32.1 Å². The number of para-hydroxylation sites is 2. The summed E-state index contributed by atoms with van der Waals surface area (Å²) in [6.45, 7) is 9.51. The van der Waals surface area contributed by atoms with E-state index in [-0.39, 0.29) is 17.9 Å². The third-order valence-corrected chi connectivity index (χ3v) is 7.57. The predicted molar refractivity (Wildman–Crippen MR) is 162 cm³/mol. The van der Waals surface area contributed by atoms with Crippen molar-refractivity contribution in [2.24, 2.45) is 0 Å². The minimum Gasteiger partial charge on any atom is -0.495 e. The number of hydrogen-bond acceptors (Lipinski definition) is 5. The number of anilines is 3. The van der Waals surface area contributed by atoms with Crippen LogP contribution in [0.15, 0.2) is 42.5 Å². The molecule has 1 aliphatic rings. The molecule has 0 bridgehead atoms. The first-order valence-electron chi connectivity index (χ1n) is 14.8. The molecule has 2 amide bonds. The van der Waals surface area contributed by atoms with Crippen LogP contribution in [-0.2, 0) is 4.79 Å². The topological polar surface area (TPSA) is 73.9 Å². The lowest BCUT2D eigenvalue weighted by Gasteiger charge is -2.38. The maximum Gasteiger partial charge on any atom is 0.253 e. The molecule has 1 fully saturated rings. The van der Waals surface area contributed by atoms with Gasteiger partial charge in [-0.1, -0.05) is 64.5 Å². The zero-order valence-electron chi connectivity index (χ0n) is 24.4. The van der Waals surface area contributed by atoms with Gasteiger partial charge in [0.15, 0.2) is 0 Å². The fraction of sp³-hybridized carbons (Fsp3) is 0.562. The van der Waals surface area contributed by atoms with E-state index in [1.807, 2.05) is 43.3 Å². The van der Waals surface area contributed by atoms with Gasteiger partial charge in [-0.3, -0.25) is 9.59 Å². The summed E-state index contributed by atoms with van der Waals surface area (Å²) in [7, 11) is 1.70. The van der Waals surface area contributed by atoms with Crippen LogP contribution in [0.25, 0.3) is 0 Å². The molecule has 2 aromatic rings. The van der Waals surface area contributed by atoms with Gasteiger partial charge in [-0.15, -0.1) is 0 Å². The van der Waals surface area contributed by atoms with Crippen molar-refractivity contribution >= 4 is 28.9 Å². The Bertz CT molecular complexity index is 1050. The molecule has 0 radical (unpaired) electrons. The molecule has 0 aromatic heterocycles. The predicted octanol–water partition coefficient (Wildman–Crippen LogP) is 6.63. The number of ether oxygens (including phenoxy) is 1. The number of hydrogen-bond donors (Lipinski definition) is 2. The third kappa shape index (κ3) is 9.19. The molecule has 7 heteroatoms. The SMILES string of the molecule is CCCCCCCCCC(=O)Nc1ccc(N2CCN(c3ccccc3OC)CC2)c(C(=O)NC(C)CC)c1. The number of carbonyl (C=O) groups excluding carboxylic acids is 2. The van der Waals surface area contributed by atoms with E-state index in [0.717, 1.165) is 62.6 Å². The molecule has 1 aliphatic heterocycles.